The van der Waals surface area contributed by atoms with Crippen LogP contribution in [0, 0.1) is 11.6 Å². The van der Waals surface area contributed by atoms with Gasteiger partial charge >= 0.3 is 11.7 Å². The van der Waals surface area contributed by atoms with Gasteiger partial charge in [0.15, 0.2) is 11.6 Å². The molecular weight excluding hydrogens is 342 g/mol. The number of aromatic amines is 1. The van der Waals surface area contributed by atoms with Gasteiger partial charge < -0.3 is 5.11 Å². The number of aromatic nitrogens is 2. The molecule has 1 aromatic carbocycles. The van der Waals surface area contributed by atoms with E-state index in [4.69, 9.17) is 5.11 Å². The fourth-order valence-electron chi connectivity index (χ4n) is 1.55. The quantitative estimate of drug-likeness (QED) is 0.856. The summed E-state index contributed by atoms with van der Waals surface area (Å²) in [5, 5.41) is 8.78. The van der Waals surface area contributed by atoms with Crippen LogP contribution < -0.4 is 11.2 Å². The van der Waals surface area contributed by atoms with Gasteiger partial charge in [-0.25, -0.2) is 18.4 Å². The first kappa shape index (κ1) is 14.1. The van der Waals surface area contributed by atoms with Gasteiger partial charge in [0, 0.05) is 10.7 Å². The van der Waals surface area contributed by atoms with E-state index in [0.717, 1.165) is 12.1 Å². The van der Waals surface area contributed by atoms with Gasteiger partial charge in [-0.2, -0.15) is 0 Å². The number of halogens is 3. The van der Waals surface area contributed by atoms with Crippen molar-refractivity contribution in [1.29, 1.82) is 0 Å². The first-order valence-electron chi connectivity index (χ1n) is 5.05. The Hall–Kier alpha value is -2.29. The number of carboxylic acid groups (broad SMARTS) is 1. The molecule has 104 valence electrons. The summed E-state index contributed by atoms with van der Waals surface area (Å²) in [6, 6.07) is 1.80. The second-order valence-electron chi connectivity index (χ2n) is 3.70. The number of benzene rings is 1. The predicted molar refractivity (Wildman–Crippen MR) is 67.2 cm³/mol. The predicted octanol–water partition coefficient (Wildman–Crippen LogP) is 1.26. The van der Waals surface area contributed by atoms with Crippen LogP contribution in [0.5, 0.6) is 0 Å². The van der Waals surface area contributed by atoms with E-state index in [-0.39, 0.29) is 4.47 Å². The zero-order valence-corrected chi connectivity index (χ0v) is 11.1. The van der Waals surface area contributed by atoms with Gasteiger partial charge in [-0.1, -0.05) is 15.9 Å². The average molecular weight is 347 g/mol. The number of hydrogen-bond donors (Lipinski definition) is 2. The van der Waals surface area contributed by atoms with E-state index in [0.29, 0.717) is 10.8 Å². The molecule has 0 spiro atoms. The van der Waals surface area contributed by atoms with Crippen LogP contribution in [0.3, 0.4) is 0 Å². The highest BCUT2D eigenvalue weighted by Crippen LogP contribution is 2.21. The molecule has 0 aliphatic carbocycles. The molecule has 0 radical (unpaired) electrons. The molecular formula is C11H5BrF2N2O4. The SMILES string of the molecule is O=C(O)c1cn(-c2c(F)cc(Br)cc2F)c(=O)[nH]c1=O. The van der Waals surface area contributed by atoms with Gasteiger partial charge in [0.1, 0.15) is 11.3 Å². The third kappa shape index (κ3) is 2.39. The number of aromatic carboxylic acids is 1. The van der Waals surface area contributed by atoms with Crippen molar-refractivity contribution in [3.8, 4) is 5.69 Å². The largest absolute Gasteiger partial charge is 0.477 e. The minimum Gasteiger partial charge on any atom is -0.477 e. The molecule has 9 heteroatoms. The highest BCUT2D eigenvalue weighted by molar-refractivity contribution is 9.10. The molecule has 0 bridgehead atoms. The van der Waals surface area contributed by atoms with E-state index in [1.54, 1.807) is 4.98 Å². The third-order valence-corrected chi connectivity index (χ3v) is 2.85. The summed E-state index contributed by atoms with van der Waals surface area (Å²) in [5.41, 5.74) is -3.90. The Kier molecular flexibility index (Phi) is 3.53. The topological polar surface area (TPSA) is 92.2 Å². The van der Waals surface area contributed by atoms with Crippen molar-refractivity contribution in [2.75, 3.05) is 0 Å². The zero-order chi connectivity index (χ0) is 15.0. The second-order valence-corrected chi connectivity index (χ2v) is 4.61. The maximum atomic E-state index is 13.7. The first-order chi connectivity index (χ1) is 9.31. The van der Waals surface area contributed by atoms with Crippen molar-refractivity contribution < 1.29 is 18.7 Å². The van der Waals surface area contributed by atoms with E-state index in [9.17, 15) is 23.2 Å². The fourth-order valence-corrected chi connectivity index (χ4v) is 1.96. The molecule has 6 nitrogen and oxygen atoms in total. The van der Waals surface area contributed by atoms with Crippen molar-refractivity contribution in [2.24, 2.45) is 0 Å². The summed E-state index contributed by atoms with van der Waals surface area (Å²) in [4.78, 5) is 35.3. The van der Waals surface area contributed by atoms with E-state index >= 15 is 0 Å². The number of rotatable bonds is 2. The number of carboxylic acids is 1. The van der Waals surface area contributed by atoms with Gasteiger partial charge in [-0.05, 0) is 12.1 Å². The molecule has 0 fully saturated rings. The molecule has 2 N–H and O–H groups in total. The number of H-pyrrole nitrogens is 1. The number of carbonyl (C=O) groups is 1. The molecule has 0 unspecified atom stereocenters. The molecule has 0 saturated heterocycles. The number of nitrogens with zero attached hydrogens (tertiary/aromatic N) is 1. The lowest BCUT2D eigenvalue weighted by Crippen LogP contribution is -2.33. The van der Waals surface area contributed by atoms with Gasteiger partial charge in [-0.3, -0.25) is 14.3 Å². The van der Waals surface area contributed by atoms with Gasteiger partial charge in [0.05, 0.1) is 0 Å². The van der Waals surface area contributed by atoms with E-state index in [1.165, 1.54) is 0 Å². The van der Waals surface area contributed by atoms with Crippen molar-refractivity contribution in [2.45, 2.75) is 0 Å². The van der Waals surface area contributed by atoms with Crippen LogP contribution in [0.15, 0.2) is 32.4 Å². The van der Waals surface area contributed by atoms with E-state index in [2.05, 4.69) is 15.9 Å². The van der Waals surface area contributed by atoms with Crippen molar-refractivity contribution in [1.82, 2.24) is 9.55 Å². The normalized spacial score (nSPS) is 10.6. The minimum atomic E-state index is -1.63. The van der Waals surface area contributed by atoms with Crippen molar-refractivity contribution in [3.05, 3.63) is 60.8 Å². The monoisotopic (exact) mass is 346 g/mol. The van der Waals surface area contributed by atoms with Crippen LogP contribution in [0.25, 0.3) is 5.69 Å². The molecule has 1 aromatic heterocycles. The van der Waals surface area contributed by atoms with Crippen LogP contribution >= 0.6 is 15.9 Å². The molecule has 20 heavy (non-hydrogen) atoms. The first-order valence-corrected chi connectivity index (χ1v) is 5.84. The second kappa shape index (κ2) is 5.00. The summed E-state index contributed by atoms with van der Waals surface area (Å²) >= 11 is 2.87. The van der Waals surface area contributed by atoms with Crippen LogP contribution in [-0.2, 0) is 0 Å². The Morgan fingerprint density at radius 1 is 1.25 bits per heavy atom. The Bertz CT molecular complexity index is 805. The van der Waals surface area contributed by atoms with Crippen molar-refractivity contribution in [3.63, 3.8) is 0 Å². The molecule has 0 aliphatic rings. The van der Waals surface area contributed by atoms with Gasteiger partial charge in [0.25, 0.3) is 5.56 Å². The van der Waals surface area contributed by atoms with Crippen LogP contribution in [-0.4, -0.2) is 20.6 Å². The summed E-state index contributed by atoms with van der Waals surface area (Å²) in [6.07, 6.45) is 0.568. The minimum absolute atomic E-state index is 0.104. The highest BCUT2D eigenvalue weighted by atomic mass is 79.9. The maximum Gasteiger partial charge on any atom is 0.342 e. The Morgan fingerprint density at radius 3 is 2.30 bits per heavy atom. The highest BCUT2D eigenvalue weighted by Gasteiger charge is 2.18. The van der Waals surface area contributed by atoms with E-state index < -0.39 is 40.1 Å². The molecule has 0 saturated carbocycles. The lowest BCUT2D eigenvalue weighted by Gasteiger charge is -2.09. The van der Waals surface area contributed by atoms with Crippen LogP contribution in [0.4, 0.5) is 8.78 Å². The van der Waals surface area contributed by atoms with Crippen LogP contribution in [0.1, 0.15) is 10.4 Å². The molecule has 2 aromatic rings. The Balaban J connectivity index is 2.84. The molecule has 0 amide bonds. The maximum absolute atomic E-state index is 13.7. The van der Waals surface area contributed by atoms with Gasteiger partial charge in [-0.15, -0.1) is 0 Å². The summed E-state index contributed by atoms with van der Waals surface area (Å²) in [6.45, 7) is 0. The van der Waals surface area contributed by atoms with Gasteiger partial charge in [0.2, 0.25) is 0 Å². The number of nitrogens with one attached hydrogen (secondary N) is 1. The summed E-state index contributed by atoms with van der Waals surface area (Å²) in [5.74, 6) is -3.82. The lowest BCUT2D eigenvalue weighted by molar-refractivity contribution is 0.0694. The smallest absolute Gasteiger partial charge is 0.342 e. The standard InChI is InChI=1S/C11H5BrF2N2O4/c12-4-1-6(13)8(7(14)2-4)16-3-5(10(18)19)9(17)15-11(16)20/h1-3H,(H,18,19)(H,15,17,20). The molecule has 2 rings (SSSR count). The molecule has 0 atom stereocenters. The van der Waals surface area contributed by atoms with Crippen LogP contribution in [0.2, 0.25) is 0 Å². The Morgan fingerprint density at radius 2 is 1.80 bits per heavy atom. The fraction of sp³-hybridized carbons (Fsp3) is 0. The third-order valence-electron chi connectivity index (χ3n) is 2.40. The molecule has 0 aliphatic heterocycles. The van der Waals surface area contributed by atoms with E-state index in [1.807, 2.05) is 0 Å². The lowest BCUT2D eigenvalue weighted by atomic mass is 10.2. The summed E-state index contributed by atoms with van der Waals surface area (Å²) in [7, 11) is 0. The molecule has 1 heterocycles. The summed E-state index contributed by atoms with van der Waals surface area (Å²) < 4.78 is 28.0. The van der Waals surface area contributed by atoms with Crippen molar-refractivity contribution >= 4 is 21.9 Å². The zero-order valence-electron chi connectivity index (χ0n) is 9.49. The number of hydrogen-bond acceptors (Lipinski definition) is 3. The average Bonchev–Trinajstić information content (AvgIpc) is 2.29. The Labute approximate surface area is 117 Å².